The summed E-state index contributed by atoms with van der Waals surface area (Å²) >= 11 is 0. The molecule has 0 N–H and O–H groups in total. The van der Waals surface area contributed by atoms with Crippen LogP contribution in [0.5, 0.6) is 5.75 Å². The number of benzene rings is 3. The summed E-state index contributed by atoms with van der Waals surface area (Å²) in [5.74, 6) is 1.55. The Kier molecular flexibility index (Phi) is 5.00. The van der Waals surface area contributed by atoms with E-state index in [9.17, 15) is 8.42 Å². The topological polar surface area (TPSA) is 62.7 Å². The molecule has 1 saturated heterocycles. The van der Waals surface area contributed by atoms with Crippen LogP contribution in [-0.2, 0) is 10.0 Å². The third-order valence-corrected chi connectivity index (χ3v) is 7.74. The van der Waals surface area contributed by atoms with Gasteiger partial charge in [-0.15, -0.1) is 0 Å². The number of pyridine rings is 1. The van der Waals surface area contributed by atoms with E-state index in [-0.39, 0.29) is 4.90 Å². The van der Waals surface area contributed by atoms with Crippen LogP contribution in [0.15, 0.2) is 77.7 Å². The third kappa shape index (κ3) is 3.49. The van der Waals surface area contributed by atoms with Crippen LogP contribution in [0.4, 0.5) is 5.82 Å². The molecule has 0 amide bonds. The van der Waals surface area contributed by atoms with Gasteiger partial charge in [0.1, 0.15) is 11.6 Å². The molecule has 4 aromatic rings. The Bertz CT molecular complexity index is 1350. The molecular formula is C24H23N3O3S. The minimum Gasteiger partial charge on any atom is -0.497 e. The van der Waals surface area contributed by atoms with Crippen LogP contribution in [0.1, 0.15) is 0 Å². The average molecular weight is 434 g/mol. The SMILES string of the molecule is COc1ccc(S(=O)(=O)N2CCN(c3nc4ccccc4c4ccccc34)CC2)cc1. The molecule has 7 heteroatoms. The minimum atomic E-state index is -3.54. The summed E-state index contributed by atoms with van der Waals surface area (Å²) in [6.45, 7) is 2.00. The van der Waals surface area contributed by atoms with Crippen LogP contribution in [0.2, 0.25) is 0 Å². The van der Waals surface area contributed by atoms with Crippen molar-refractivity contribution in [2.45, 2.75) is 4.90 Å². The first-order chi connectivity index (χ1) is 15.1. The van der Waals surface area contributed by atoms with E-state index in [2.05, 4.69) is 23.1 Å². The smallest absolute Gasteiger partial charge is 0.243 e. The third-order valence-electron chi connectivity index (χ3n) is 5.82. The van der Waals surface area contributed by atoms with Gasteiger partial charge in [0, 0.05) is 37.0 Å². The number of nitrogens with zero attached hydrogens (tertiary/aromatic N) is 3. The number of anilines is 1. The van der Waals surface area contributed by atoms with Crippen LogP contribution >= 0.6 is 0 Å². The second kappa shape index (κ2) is 7.83. The lowest BCUT2D eigenvalue weighted by molar-refractivity contribution is 0.384. The van der Waals surface area contributed by atoms with Crippen molar-refractivity contribution in [2.75, 3.05) is 38.2 Å². The molecule has 0 radical (unpaired) electrons. The van der Waals surface area contributed by atoms with Crippen molar-refractivity contribution >= 4 is 37.5 Å². The number of para-hydroxylation sites is 1. The van der Waals surface area contributed by atoms with Crippen molar-refractivity contribution in [3.63, 3.8) is 0 Å². The number of fused-ring (bicyclic) bond motifs is 3. The maximum atomic E-state index is 13.1. The Hall–Kier alpha value is -3.16. The highest BCUT2D eigenvalue weighted by Gasteiger charge is 2.29. The number of ether oxygens (including phenoxy) is 1. The van der Waals surface area contributed by atoms with E-state index in [1.165, 1.54) is 0 Å². The molecule has 0 aliphatic carbocycles. The number of rotatable bonds is 4. The zero-order valence-electron chi connectivity index (χ0n) is 17.2. The summed E-state index contributed by atoms with van der Waals surface area (Å²) in [4.78, 5) is 7.41. The largest absolute Gasteiger partial charge is 0.497 e. The Balaban J connectivity index is 1.43. The second-order valence-corrected chi connectivity index (χ2v) is 9.50. The van der Waals surface area contributed by atoms with Gasteiger partial charge in [-0.25, -0.2) is 13.4 Å². The molecule has 3 aromatic carbocycles. The normalized spacial score (nSPS) is 15.5. The number of piperazine rings is 1. The van der Waals surface area contributed by atoms with Gasteiger partial charge in [-0.2, -0.15) is 4.31 Å². The molecule has 6 nitrogen and oxygen atoms in total. The first-order valence-electron chi connectivity index (χ1n) is 10.2. The Morgan fingerprint density at radius 2 is 1.39 bits per heavy atom. The Morgan fingerprint density at radius 3 is 2.06 bits per heavy atom. The van der Waals surface area contributed by atoms with Crippen LogP contribution < -0.4 is 9.64 Å². The fraction of sp³-hybridized carbons (Fsp3) is 0.208. The number of methoxy groups -OCH3 is 1. The van der Waals surface area contributed by atoms with Crippen molar-refractivity contribution < 1.29 is 13.2 Å². The summed E-state index contributed by atoms with van der Waals surface area (Å²) < 4.78 is 32.8. The Morgan fingerprint density at radius 1 is 0.774 bits per heavy atom. The van der Waals surface area contributed by atoms with Gasteiger partial charge in [0.05, 0.1) is 17.5 Å². The molecule has 31 heavy (non-hydrogen) atoms. The lowest BCUT2D eigenvalue weighted by Crippen LogP contribution is -2.49. The molecule has 0 atom stereocenters. The summed E-state index contributed by atoms with van der Waals surface area (Å²) in [5.41, 5.74) is 0.949. The van der Waals surface area contributed by atoms with E-state index >= 15 is 0 Å². The molecule has 0 bridgehead atoms. The molecule has 5 rings (SSSR count). The first-order valence-corrected chi connectivity index (χ1v) is 11.7. The van der Waals surface area contributed by atoms with Gasteiger partial charge in [-0.3, -0.25) is 0 Å². The van der Waals surface area contributed by atoms with E-state index < -0.39 is 10.0 Å². The maximum Gasteiger partial charge on any atom is 0.243 e. The second-order valence-electron chi connectivity index (χ2n) is 7.56. The van der Waals surface area contributed by atoms with Gasteiger partial charge in [0.25, 0.3) is 0 Å². The van der Waals surface area contributed by atoms with Gasteiger partial charge in [-0.1, -0.05) is 42.5 Å². The summed E-state index contributed by atoms with van der Waals surface area (Å²) in [6, 6.07) is 22.9. The van der Waals surface area contributed by atoms with Crippen LogP contribution in [0, 0.1) is 0 Å². The van der Waals surface area contributed by atoms with Crippen molar-refractivity contribution in [3.8, 4) is 5.75 Å². The highest BCUT2D eigenvalue weighted by Crippen LogP contribution is 2.32. The van der Waals surface area contributed by atoms with E-state index in [1.54, 1.807) is 35.7 Å². The minimum absolute atomic E-state index is 0.288. The van der Waals surface area contributed by atoms with Gasteiger partial charge in [-0.05, 0) is 35.7 Å². The van der Waals surface area contributed by atoms with Crippen molar-refractivity contribution in [1.29, 1.82) is 0 Å². The molecule has 0 saturated carbocycles. The molecule has 1 aromatic heterocycles. The molecule has 1 aliphatic rings. The molecular weight excluding hydrogens is 410 g/mol. The molecule has 158 valence electrons. The molecule has 2 heterocycles. The van der Waals surface area contributed by atoms with Crippen molar-refractivity contribution in [1.82, 2.24) is 9.29 Å². The number of sulfonamides is 1. The number of aromatic nitrogens is 1. The van der Waals surface area contributed by atoms with Crippen molar-refractivity contribution in [3.05, 3.63) is 72.8 Å². The van der Waals surface area contributed by atoms with Gasteiger partial charge >= 0.3 is 0 Å². The van der Waals surface area contributed by atoms with E-state index in [0.29, 0.717) is 31.9 Å². The average Bonchev–Trinajstić information content (AvgIpc) is 2.83. The quantitative estimate of drug-likeness (QED) is 0.457. The van der Waals surface area contributed by atoms with E-state index in [0.717, 1.165) is 27.5 Å². The fourth-order valence-corrected chi connectivity index (χ4v) is 5.59. The summed E-state index contributed by atoms with van der Waals surface area (Å²) in [7, 11) is -1.98. The zero-order valence-corrected chi connectivity index (χ0v) is 18.0. The van der Waals surface area contributed by atoms with Crippen LogP contribution in [0.25, 0.3) is 21.7 Å². The first kappa shape index (κ1) is 19.8. The zero-order chi connectivity index (χ0) is 21.4. The van der Waals surface area contributed by atoms with Crippen LogP contribution in [0.3, 0.4) is 0 Å². The maximum absolute atomic E-state index is 13.1. The Labute approximate surface area is 181 Å². The summed E-state index contributed by atoms with van der Waals surface area (Å²) in [6.07, 6.45) is 0. The summed E-state index contributed by atoms with van der Waals surface area (Å²) in [5, 5.41) is 3.38. The molecule has 1 fully saturated rings. The van der Waals surface area contributed by atoms with Gasteiger partial charge in [0.2, 0.25) is 10.0 Å². The predicted octanol–water partition coefficient (Wildman–Crippen LogP) is 3.91. The standard InChI is InChI=1S/C24H23N3O3S/c1-30-18-10-12-19(13-11-18)31(28,29)27-16-14-26(15-17-27)24-22-8-3-2-6-20(22)21-7-4-5-9-23(21)25-24/h2-13H,14-17H2,1H3. The van der Waals surface area contributed by atoms with E-state index in [1.807, 2.05) is 30.3 Å². The van der Waals surface area contributed by atoms with Gasteiger partial charge in [0.15, 0.2) is 0 Å². The highest BCUT2D eigenvalue weighted by molar-refractivity contribution is 7.89. The molecule has 0 spiro atoms. The fourth-order valence-electron chi connectivity index (χ4n) is 4.16. The van der Waals surface area contributed by atoms with Crippen LogP contribution in [-0.4, -0.2) is 51.0 Å². The monoisotopic (exact) mass is 433 g/mol. The molecule has 1 aliphatic heterocycles. The predicted molar refractivity (Wildman–Crippen MR) is 123 cm³/mol. The number of hydrogen-bond acceptors (Lipinski definition) is 5. The lowest BCUT2D eigenvalue weighted by atomic mass is 10.1. The lowest BCUT2D eigenvalue weighted by Gasteiger charge is -2.35. The highest BCUT2D eigenvalue weighted by atomic mass is 32.2. The molecule has 0 unspecified atom stereocenters. The van der Waals surface area contributed by atoms with Crippen molar-refractivity contribution in [2.24, 2.45) is 0 Å². The number of hydrogen-bond donors (Lipinski definition) is 0. The van der Waals surface area contributed by atoms with Gasteiger partial charge < -0.3 is 9.64 Å². The van der Waals surface area contributed by atoms with E-state index in [4.69, 9.17) is 9.72 Å².